The van der Waals surface area contributed by atoms with Crippen molar-refractivity contribution in [1.29, 1.82) is 0 Å². The zero-order valence-electron chi connectivity index (χ0n) is 10.3. The molecule has 5 atom stereocenters. The van der Waals surface area contributed by atoms with Crippen molar-refractivity contribution in [3.05, 3.63) is 0 Å². The van der Waals surface area contributed by atoms with E-state index < -0.39 is 0 Å². The first-order valence-electron chi connectivity index (χ1n) is 6.53. The lowest BCUT2D eigenvalue weighted by molar-refractivity contribution is -0.00558. The van der Waals surface area contributed by atoms with Gasteiger partial charge in [0, 0.05) is 18.6 Å². The molecule has 1 aliphatic carbocycles. The van der Waals surface area contributed by atoms with Crippen LogP contribution in [0.1, 0.15) is 46.5 Å². The molecule has 1 heterocycles. The summed E-state index contributed by atoms with van der Waals surface area (Å²) in [5.41, 5.74) is 0. The van der Waals surface area contributed by atoms with Crippen LogP contribution in [0.25, 0.3) is 0 Å². The molecule has 1 saturated carbocycles. The number of hydrogen-bond acceptors (Lipinski definition) is 2. The average Bonchev–Trinajstić information content (AvgIpc) is 2.58. The summed E-state index contributed by atoms with van der Waals surface area (Å²) >= 11 is 0. The Hall–Kier alpha value is -0.0800. The number of hydrogen-bond donors (Lipinski definition) is 1. The summed E-state index contributed by atoms with van der Waals surface area (Å²) in [6, 6.07) is 1.10. The third-order valence-corrected chi connectivity index (χ3v) is 4.51. The maximum absolute atomic E-state index is 9.99. The fraction of sp³-hybridized carbons (Fsp3) is 1.00. The van der Waals surface area contributed by atoms with Crippen LogP contribution in [0.5, 0.6) is 0 Å². The molecule has 0 bridgehead atoms. The third kappa shape index (κ3) is 2.21. The Morgan fingerprint density at radius 2 is 1.87 bits per heavy atom. The van der Waals surface area contributed by atoms with Crippen molar-refractivity contribution in [2.75, 3.05) is 6.54 Å². The smallest absolute Gasteiger partial charge is 0.0695 e. The van der Waals surface area contributed by atoms with Gasteiger partial charge in [-0.25, -0.2) is 0 Å². The SMILES string of the molecule is CC1CC(C)C(C)N([C@@H]2CCC[C@H]2O)C1. The minimum absolute atomic E-state index is 0.0649. The van der Waals surface area contributed by atoms with E-state index in [9.17, 15) is 5.11 Å². The monoisotopic (exact) mass is 211 g/mol. The van der Waals surface area contributed by atoms with Crippen LogP contribution in [-0.2, 0) is 0 Å². The van der Waals surface area contributed by atoms with Crippen LogP contribution in [-0.4, -0.2) is 34.7 Å². The second kappa shape index (κ2) is 4.42. The molecule has 88 valence electrons. The molecule has 2 nitrogen and oxygen atoms in total. The molecule has 2 rings (SSSR count). The summed E-state index contributed by atoms with van der Waals surface area (Å²) in [5.74, 6) is 1.57. The van der Waals surface area contributed by atoms with Crippen LogP contribution in [0, 0.1) is 11.8 Å². The molecule has 15 heavy (non-hydrogen) atoms. The number of piperidine rings is 1. The molecule has 1 N–H and O–H groups in total. The lowest BCUT2D eigenvalue weighted by atomic mass is 9.84. The first-order valence-corrected chi connectivity index (χ1v) is 6.53. The van der Waals surface area contributed by atoms with Crippen LogP contribution in [0.3, 0.4) is 0 Å². The highest BCUT2D eigenvalue weighted by Crippen LogP contribution is 2.33. The van der Waals surface area contributed by atoms with Crippen LogP contribution < -0.4 is 0 Å². The fourth-order valence-electron chi connectivity index (χ4n) is 3.50. The Kier molecular flexibility index (Phi) is 3.36. The van der Waals surface area contributed by atoms with Gasteiger partial charge in [0.2, 0.25) is 0 Å². The molecule has 0 radical (unpaired) electrons. The van der Waals surface area contributed by atoms with E-state index in [1.54, 1.807) is 0 Å². The molecule has 0 amide bonds. The number of aliphatic hydroxyl groups excluding tert-OH is 1. The largest absolute Gasteiger partial charge is 0.391 e. The molecule has 1 aliphatic heterocycles. The van der Waals surface area contributed by atoms with Crippen molar-refractivity contribution in [3.63, 3.8) is 0 Å². The summed E-state index contributed by atoms with van der Waals surface area (Å²) in [5, 5.41) is 9.99. The van der Waals surface area contributed by atoms with Crippen LogP contribution in [0.2, 0.25) is 0 Å². The van der Waals surface area contributed by atoms with E-state index in [0.717, 1.165) is 18.3 Å². The molecule has 3 unspecified atom stereocenters. The third-order valence-electron chi connectivity index (χ3n) is 4.51. The van der Waals surface area contributed by atoms with E-state index in [1.165, 1.54) is 25.8 Å². The Bertz CT molecular complexity index is 219. The van der Waals surface area contributed by atoms with E-state index in [2.05, 4.69) is 25.7 Å². The van der Waals surface area contributed by atoms with Gasteiger partial charge in [-0.1, -0.05) is 13.8 Å². The van der Waals surface area contributed by atoms with Crippen molar-refractivity contribution < 1.29 is 5.11 Å². The van der Waals surface area contributed by atoms with E-state index in [-0.39, 0.29) is 6.10 Å². The molecule has 2 fully saturated rings. The predicted molar refractivity (Wildman–Crippen MR) is 62.8 cm³/mol. The Morgan fingerprint density at radius 3 is 2.47 bits per heavy atom. The molecule has 0 aromatic rings. The standard InChI is InChI=1S/C13H25NO/c1-9-7-10(2)11(3)14(8-9)12-5-4-6-13(12)15/h9-13,15H,4-8H2,1-3H3/t9?,10?,11?,12-,13-/m1/s1. The molecular formula is C13H25NO. The lowest BCUT2D eigenvalue weighted by Crippen LogP contribution is -2.53. The van der Waals surface area contributed by atoms with Gasteiger partial charge in [-0.2, -0.15) is 0 Å². The Labute approximate surface area is 93.7 Å². The van der Waals surface area contributed by atoms with Gasteiger partial charge < -0.3 is 5.11 Å². The maximum atomic E-state index is 9.99. The van der Waals surface area contributed by atoms with Crippen molar-refractivity contribution >= 4 is 0 Å². The molecule has 0 aromatic heterocycles. The van der Waals surface area contributed by atoms with E-state index in [0.29, 0.717) is 12.1 Å². The topological polar surface area (TPSA) is 23.5 Å². The summed E-state index contributed by atoms with van der Waals surface area (Å²) in [6.45, 7) is 8.22. The molecular weight excluding hydrogens is 186 g/mol. The molecule has 2 heteroatoms. The normalized spacial score (nSPS) is 48.4. The second-order valence-corrected chi connectivity index (χ2v) is 5.82. The number of rotatable bonds is 1. The molecule has 1 saturated heterocycles. The Balaban J connectivity index is 2.05. The van der Waals surface area contributed by atoms with Crippen molar-refractivity contribution in [2.24, 2.45) is 11.8 Å². The summed E-state index contributed by atoms with van der Waals surface area (Å²) in [4.78, 5) is 2.58. The van der Waals surface area contributed by atoms with Gasteiger partial charge in [0.25, 0.3) is 0 Å². The van der Waals surface area contributed by atoms with Gasteiger partial charge in [0.15, 0.2) is 0 Å². The first-order chi connectivity index (χ1) is 7.09. The highest BCUT2D eigenvalue weighted by molar-refractivity contribution is 4.92. The highest BCUT2D eigenvalue weighted by atomic mass is 16.3. The second-order valence-electron chi connectivity index (χ2n) is 5.82. The van der Waals surface area contributed by atoms with Gasteiger partial charge in [0.05, 0.1) is 6.10 Å². The highest BCUT2D eigenvalue weighted by Gasteiger charge is 2.38. The van der Waals surface area contributed by atoms with Crippen molar-refractivity contribution in [1.82, 2.24) is 4.90 Å². The molecule has 2 aliphatic rings. The van der Waals surface area contributed by atoms with Crippen molar-refractivity contribution in [2.45, 2.75) is 64.6 Å². The van der Waals surface area contributed by atoms with Gasteiger partial charge in [-0.05, 0) is 44.4 Å². The summed E-state index contributed by atoms with van der Waals surface area (Å²) in [6.07, 6.45) is 4.70. The van der Waals surface area contributed by atoms with E-state index >= 15 is 0 Å². The van der Waals surface area contributed by atoms with Gasteiger partial charge >= 0.3 is 0 Å². The summed E-state index contributed by atoms with van der Waals surface area (Å²) in [7, 11) is 0. The molecule has 0 spiro atoms. The average molecular weight is 211 g/mol. The van der Waals surface area contributed by atoms with Gasteiger partial charge in [0.1, 0.15) is 0 Å². The Morgan fingerprint density at radius 1 is 1.13 bits per heavy atom. The van der Waals surface area contributed by atoms with Crippen LogP contribution in [0.4, 0.5) is 0 Å². The first kappa shape index (κ1) is 11.4. The zero-order valence-corrected chi connectivity index (χ0v) is 10.3. The number of nitrogens with zero attached hydrogens (tertiary/aromatic N) is 1. The van der Waals surface area contributed by atoms with E-state index in [4.69, 9.17) is 0 Å². The van der Waals surface area contributed by atoms with E-state index in [1.807, 2.05) is 0 Å². The summed E-state index contributed by atoms with van der Waals surface area (Å²) < 4.78 is 0. The number of aliphatic hydroxyl groups is 1. The van der Waals surface area contributed by atoms with Crippen molar-refractivity contribution in [3.8, 4) is 0 Å². The maximum Gasteiger partial charge on any atom is 0.0695 e. The number of likely N-dealkylation sites (tertiary alicyclic amines) is 1. The predicted octanol–water partition coefficient (Wildman–Crippen LogP) is 2.27. The van der Waals surface area contributed by atoms with Gasteiger partial charge in [-0.15, -0.1) is 0 Å². The minimum atomic E-state index is -0.0649. The fourth-order valence-corrected chi connectivity index (χ4v) is 3.50. The lowest BCUT2D eigenvalue weighted by Gasteiger charge is -2.45. The quantitative estimate of drug-likeness (QED) is 0.719. The van der Waals surface area contributed by atoms with Gasteiger partial charge in [-0.3, -0.25) is 4.90 Å². The zero-order chi connectivity index (χ0) is 11.0. The van der Waals surface area contributed by atoms with Crippen LogP contribution in [0.15, 0.2) is 0 Å². The van der Waals surface area contributed by atoms with Crippen LogP contribution >= 0.6 is 0 Å². The molecule has 0 aromatic carbocycles. The minimum Gasteiger partial charge on any atom is -0.391 e.